The minimum Gasteiger partial charge on any atom is -0.480 e. The highest BCUT2D eigenvalue weighted by atomic mass is 16.5. The monoisotopic (exact) mass is 364 g/mol. The van der Waals surface area contributed by atoms with Crippen molar-refractivity contribution in [2.24, 2.45) is 0 Å². The van der Waals surface area contributed by atoms with E-state index in [9.17, 15) is 19.5 Å². The molecule has 0 radical (unpaired) electrons. The third-order valence-electron chi connectivity index (χ3n) is 5.12. The summed E-state index contributed by atoms with van der Waals surface area (Å²) in [6.45, 7) is 4.27. The van der Waals surface area contributed by atoms with E-state index in [0.717, 1.165) is 6.42 Å². The van der Waals surface area contributed by atoms with Gasteiger partial charge < -0.3 is 20.1 Å². The van der Waals surface area contributed by atoms with Gasteiger partial charge >= 0.3 is 5.97 Å². The number of amides is 1. The Hall–Kier alpha value is -2.42. The van der Waals surface area contributed by atoms with Gasteiger partial charge in [0.25, 0.3) is 5.56 Å². The number of aliphatic carboxylic acids is 1. The van der Waals surface area contributed by atoms with E-state index in [1.807, 2.05) is 4.90 Å². The van der Waals surface area contributed by atoms with Crippen LogP contribution in [0, 0.1) is 6.92 Å². The third-order valence-corrected chi connectivity index (χ3v) is 5.12. The number of nitrogens with zero attached hydrogens (tertiary/aromatic N) is 2. The number of anilines is 1. The molecule has 1 saturated heterocycles. The lowest BCUT2D eigenvalue weighted by Gasteiger charge is -2.38. The maximum absolute atomic E-state index is 12.4. The van der Waals surface area contributed by atoms with E-state index < -0.39 is 11.5 Å². The summed E-state index contributed by atoms with van der Waals surface area (Å²) in [5.74, 6) is -0.839. The number of rotatable bonds is 6. The average Bonchev–Trinajstić information content (AvgIpc) is 2.57. The number of morpholine rings is 1. The molecule has 3 N–H and O–H groups in total. The predicted molar refractivity (Wildman–Crippen MR) is 93.3 cm³/mol. The van der Waals surface area contributed by atoms with Crippen LogP contribution in [0.15, 0.2) is 4.79 Å². The molecule has 1 aliphatic carbocycles. The van der Waals surface area contributed by atoms with Crippen LogP contribution in [-0.4, -0.2) is 58.8 Å². The van der Waals surface area contributed by atoms with Gasteiger partial charge in [-0.05, 0) is 32.6 Å². The number of carboxylic acids is 1. The first kappa shape index (κ1) is 18.4. The molecule has 142 valence electrons. The highest BCUT2D eigenvalue weighted by Crippen LogP contribution is 2.32. The summed E-state index contributed by atoms with van der Waals surface area (Å²) >= 11 is 0. The van der Waals surface area contributed by atoms with Crippen molar-refractivity contribution < 1.29 is 19.4 Å². The lowest BCUT2D eigenvalue weighted by molar-refractivity contribution is -0.151. The molecular weight excluding hydrogens is 340 g/mol. The van der Waals surface area contributed by atoms with Gasteiger partial charge in [0.15, 0.2) is 0 Å². The van der Waals surface area contributed by atoms with E-state index in [0.29, 0.717) is 56.4 Å². The van der Waals surface area contributed by atoms with Crippen molar-refractivity contribution in [3.63, 3.8) is 0 Å². The first-order valence-corrected chi connectivity index (χ1v) is 8.88. The highest BCUT2D eigenvalue weighted by molar-refractivity contribution is 5.87. The Labute approximate surface area is 150 Å². The molecule has 3 rings (SSSR count). The van der Waals surface area contributed by atoms with Gasteiger partial charge in [0, 0.05) is 30.8 Å². The van der Waals surface area contributed by atoms with Crippen LogP contribution in [0.25, 0.3) is 0 Å². The molecule has 0 unspecified atom stereocenters. The van der Waals surface area contributed by atoms with Crippen molar-refractivity contribution in [2.75, 3.05) is 31.2 Å². The number of carboxylic acid groups (broad SMARTS) is 1. The Kier molecular flexibility index (Phi) is 5.26. The summed E-state index contributed by atoms with van der Waals surface area (Å²) in [7, 11) is 0. The van der Waals surface area contributed by atoms with Crippen LogP contribution in [0.3, 0.4) is 0 Å². The molecule has 0 spiro atoms. The summed E-state index contributed by atoms with van der Waals surface area (Å²) in [5.41, 5.74) is -0.352. The van der Waals surface area contributed by atoms with E-state index in [2.05, 4.69) is 15.3 Å². The number of aromatic amines is 1. The summed E-state index contributed by atoms with van der Waals surface area (Å²) in [5, 5.41) is 11.9. The van der Waals surface area contributed by atoms with Crippen molar-refractivity contribution in [3.8, 4) is 0 Å². The van der Waals surface area contributed by atoms with E-state index in [-0.39, 0.29) is 24.3 Å². The Morgan fingerprint density at radius 1 is 1.35 bits per heavy atom. The number of nitrogens with one attached hydrogen (secondary N) is 2. The van der Waals surface area contributed by atoms with Gasteiger partial charge in [-0.3, -0.25) is 14.6 Å². The fourth-order valence-corrected chi connectivity index (χ4v) is 3.31. The number of carbonyl (C=O) groups is 2. The van der Waals surface area contributed by atoms with Crippen LogP contribution in [0.1, 0.15) is 36.9 Å². The van der Waals surface area contributed by atoms with Crippen LogP contribution in [-0.2, 0) is 20.7 Å². The average molecular weight is 364 g/mol. The number of carbonyl (C=O) groups excluding carboxylic acids is 1. The second kappa shape index (κ2) is 7.45. The number of ether oxygens (including phenoxy) is 1. The first-order chi connectivity index (χ1) is 12.4. The smallest absolute Gasteiger partial charge is 0.329 e. The Morgan fingerprint density at radius 3 is 2.58 bits per heavy atom. The lowest BCUT2D eigenvalue weighted by Crippen LogP contribution is -2.59. The molecule has 26 heavy (non-hydrogen) atoms. The predicted octanol–water partition coefficient (Wildman–Crippen LogP) is -0.0290. The molecule has 0 aromatic carbocycles. The topological polar surface area (TPSA) is 125 Å². The van der Waals surface area contributed by atoms with Crippen LogP contribution < -0.4 is 15.8 Å². The molecule has 0 atom stereocenters. The molecule has 1 aromatic rings. The van der Waals surface area contributed by atoms with E-state index >= 15 is 0 Å². The Bertz CT molecular complexity index is 750. The number of aromatic nitrogens is 2. The van der Waals surface area contributed by atoms with Gasteiger partial charge in [-0.2, -0.15) is 0 Å². The van der Waals surface area contributed by atoms with Crippen molar-refractivity contribution in [2.45, 2.75) is 44.6 Å². The summed E-state index contributed by atoms with van der Waals surface area (Å²) in [4.78, 5) is 45.0. The summed E-state index contributed by atoms with van der Waals surface area (Å²) in [6.07, 6.45) is 1.96. The molecule has 2 heterocycles. The number of aryl methyl sites for hydroxylation is 1. The van der Waals surface area contributed by atoms with Crippen LogP contribution in [0.5, 0.6) is 0 Å². The zero-order valence-electron chi connectivity index (χ0n) is 14.8. The number of hydrogen-bond donors (Lipinski definition) is 3. The quantitative estimate of drug-likeness (QED) is 0.647. The molecule has 2 aliphatic rings. The minimum atomic E-state index is -1.13. The third kappa shape index (κ3) is 3.72. The van der Waals surface area contributed by atoms with Gasteiger partial charge in [0.05, 0.1) is 13.2 Å². The maximum atomic E-state index is 12.4. The molecular formula is C17H24N4O5. The second-order valence-corrected chi connectivity index (χ2v) is 6.84. The summed E-state index contributed by atoms with van der Waals surface area (Å²) in [6, 6.07) is 0. The van der Waals surface area contributed by atoms with Crippen molar-refractivity contribution >= 4 is 17.8 Å². The van der Waals surface area contributed by atoms with Crippen LogP contribution in [0.4, 0.5) is 5.95 Å². The van der Waals surface area contributed by atoms with Gasteiger partial charge in [-0.1, -0.05) is 0 Å². The SMILES string of the molecule is Cc1nc(N2CCOCC2)[nH]c(=O)c1CCC(=O)NC1(C(=O)O)CCC1. The van der Waals surface area contributed by atoms with E-state index in [1.54, 1.807) is 6.92 Å². The zero-order valence-corrected chi connectivity index (χ0v) is 14.8. The zero-order chi connectivity index (χ0) is 18.7. The van der Waals surface area contributed by atoms with Crippen molar-refractivity contribution in [1.29, 1.82) is 0 Å². The van der Waals surface area contributed by atoms with Crippen LogP contribution in [0.2, 0.25) is 0 Å². The van der Waals surface area contributed by atoms with Gasteiger partial charge in [-0.25, -0.2) is 9.78 Å². The molecule has 2 fully saturated rings. The summed E-state index contributed by atoms with van der Waals surface area (Å²) < 4.78 is 5.29. The second-order valence-electron chi connectivity index (χ2n) is 6.84. The Balaban J connectivity index is 1.63. The molecule has 9 heteroatoms. The van der Waals surface area contributed by atoms with Gasteiger partial charge in [-0.15, -0.1) is 0 Å². The largest absolute Gasteiger partial charge is 0.480 e. The van der Waals surface area contributed by atoms with Crippen LogP contribution >= 0.6 is 0 Å². The first-order valence-electron chi connectivity index (χ1n) is 8.88. The fourth-order valence-electron chi connectivity index (χ4n) is 3.31. The highest BCUT2D eigenvalue weighted by Gasteiger charge is 2.45. The van der Waals surface area contributed by atoms with Gasteiger partial charge in [0.2, 0.25) is 11.9 Å². The molecule has 1 aliphatic heterocycles. The van der Waals surface area contributed by atoms with Gasteiger partial charge in [0.1, 0.15) is 5.54 Å². The lowest BCUT2D eigenvalue weighted by atomic mass is 9.76. The number of H-pyrrole nitrogens is 1. The Morgan fingerprint density at radius 2 is 2.04 bits per heavy atom. The number of hydrogen-bond acceptors (Lipinski definition) is 6. The van der Waals surface area contributed by atoms with E-state index in [4.69, 9.17) is 4.74 Å². The van der Waals surface area contributed by atoms with Crippen molar-refractivity contribution in [3.05, 3.63) is 21.6 Å². The van der Waals surface area contributed by atoms with E-state index in [1.165, 1.54) is 0 Å². The molecule has 9 nitrogen and oxygen atoms in total. The molecule has 0 bridgehead atoms. The molecule has 1 amide bonds. The molecule has 1 saturated carbocycles. The normalized spacial score (nSPS) is 18.9. The maximum Gasteiger partial charge on any atom is 0.329 e. The van der Waals surface area contributed by atoms with Crippen molar-refractivity contribution in [1.82, 2.24) is 15.3 Å². The fraction of sp³-hybridized carbons (Fsp3) is 0.647. The molecule has 1 aromatic heterocycles. The standard InChI is InChI=1S/C17H24N4O5/c1-11-12(3-4-13(22)20-17(15(24)25)5-2-6-17)14(23)19-16(18-11)21-7-9-26-10-8-21/h2-10H2,1H3,(H,20,22)(H,24,25)(H,18,19,23). The minimum absolute atomic E-state index is 0.0531.